The number of anilines is 1. The molecular formula is C19H24N10O2. The number of amides is 1. The van der Waals surface area contributed by atoms with Crippen molar-refractivity contribution in [3.8, 4) is 5.82 Å². The van der Waals surface area contributed by atoms with Crippen LogP contribution in [-0.4, -0.2) is 60.4 Å². The minimum atomic E-state index is -0.487. The van der Waals surface area contributed by atoms with Gasteiger partial charge in [-0.3, -0.25) is 14.7 Å². The lowest BCUT2D eigenvalue weighted by Gasteiger charge is -2.31. The summed E-state index contributed by atoms with van der Waals surface area (Å²) in [5, 5.41) is 19.6. The zero-order valence-corrected chi connectivity index (χ0v) is 17.2. The summed E-state index contributed by atoms with van der Waals surface area (Å²) in [6.07, 6.45) is 10.7. The summed E-state index contributed by atoms with van der Waals surface area (Å²) < 4.78 is 6.10. The van der Waals surface area contributed by atoms with Crippen LogP contribution in [0.3, 0.4) is 0 Å². The number of aromatic nitrogens is 6. The lowest BCUT2D eigenvalue weighted by Crippen LogP contribution is -2.34. The Morgan fingerprint density at radius 3 is 2.81 bits per heavy atom. The number of nitrogens with one attached hydrogen (secondary N) is 1. The summed E-state index contributed by atoms with van der Waals surface area (Å²) in [6.45, 7) is 0.431. The maximum absolute atomic E-state index is 12.8. The number of nitrogens with zero attached hydrogens (tertiary/aromatic N) is 8. The molecule has 12 heteroatoms. The van der Waals surface area contributed by atoms with Gasteiger partial charge < -0.3 is 5.73 Å². The van der Waals surface area contributed by atoms with Crippen LogP contribution in [0.1, 0.15) is 53.8 Å². The van der Waals surface area contributed by atoms with Gasteiger partial charge in [0.25, 0.3) is 5.91 Å². The van der Waals surface area contributed by atoms with Crippen molar-refractivity contribution < 1.29 is 9.42 Å². The number of hydrazone groups is 1. The van der Waals surface area contributed by atoms with E-state index in [1.807, 2.05) is 7.05 Å². The van der Waals surface area contributed by atoms with Gasteiger partial charge >= 0.3 is 0 Å². The van der Waals surface area contributed by atoms with Gasteiger partial charge in [0.1, 0.15) is 0 Å². The zero-order valence-electron chi connectivity index (χ0n) is 17.2. The molecule has 0 aliphatic heterocycles. The molecule has 0 unspecified atom stereocenters. The second-order valence-corrected chi connectivity index (χ2v) is 7.46. The monoisotopic (exact) mass is 424 g/mol. The van der Waals surface area contributed by atoms with Crippen LogP contribution in [0, 0.1) is 0 Å². The van der Waals surface area contributed by atoms with Crippen molar-refractivity contribution >= 4 is 17.9 Å². The first-order valence-electron chi connectivity index (χ1n) is 10.1. The highest BCUT2D eigenvalue weighted by molar-refractivity contribution is 5.94. The zero-order chi connectivity index (χ0) is 21.6. The first-order valence-corrected chi connectivity index (χ1v) is 10.1. The van der Waals surface area contributed by atoms with Crippen molar-refractivity contribution in [1.29, 1.82) is 0 Å². The molecule has 0 spiro atoms. The van der Waals surface area contributed by atoms with Crippen LogP contribution in [0.5, 0.6) is 0 Å². The molecule has 3 heterocycles. The number of pyridine rings is 1. The molecule has 4 rings (SSSR count). The third-order valence-electron chi connectivity index (χ3n) is 5.36. The quantitative estimate of drug-likeness (QED) is 0.420. The minimum Gasteiger partial charge on any atom is -0.378 e. The van der Waals surface area contributed by atoms with E-state index in [2.05, 4.69) is 41.0 Å². The smallest absolute Gasteiger partial charge is 0.293 e. The number of nitrogens with two attached hydrogens (primary N) is 1. The Balaban J connectivity index is 1.57. The van der Waals surface area contributed by atoms with E-state index in [0.717, 1.165) is 18.4 Å². The Morgan fingerprint density at radius 1 is 1.32 bits per heavy atom. The van der Waals surface area contributed by atoms with Crippen molar-refractivity contribution in [3.63, 3.8) is 0 Å². The van der Waals surface area contributed by atoms with Crippen LogP contribution >= 0.6 is 0 Å². The Kier molecular flexibility index (Phi) is 6.26. The van der Waals surface area contributed by atoms with Crippen LogP contribution < -0.4 is 11.2 Å². The predicted octanol–water partition coefficient (Wildman–Crippen LogP) is 1.16. The Morgan fingerprint density at radius 2 is 2.10 bits per heavy atom. The van der Waals surface area contributed by atoms with E-state index in [4.69, 9.17) is 10.4 Å². The SMILES string of the molecule is CN(Cc1c(C(=O)N/N=C\c2ccncc2)nnn1-c1nonc1N)C1CCCCC1. The normalized spacial score (nSPS) is 15.0. The molecule has 0 atom stereocenters. The highest BCUT2D eigenvalue weighted by Gasteiger charge is 2.27. The van der Waals surface area contributed by atoms with Crippen molar-refractivity contribution in [1.82, 2.24) is 40.6 Å². The molecule has 0 radical (unpaired) electrons. The lowest BCUT2D eigenvalue weighted by molar-refractivity contribution is 0.0947. The van der Waals surface area contributed by atoms with Gasteiger partial charge in [-0.1, -0.05) is 24.5 Å². The fraction of sp³-hybridized carbons (Fsp3) is 0.421. The van der Waals surface area contributed by atoms with E-state index in [1.54, 1.807) is 24.5 Å². The summed E-state index contributed by atoms with van der Waals surface area (Å²) in [5.74, 6) is -0.230. The van der Waals surface area contributed by atoms with Crippen molar-refractivity contribution in [2.24, 2.45) is 5.10 Å². The Hall–Kier alpha value is -3.67. The lowest BCUT2D eigenvalue weighted by atomic mass is 9.94. The Bertz CT molecular complexity index is 1040. The summed E-state index contributed by atoms with van der Waals surface area (Å²) in [7, 11) is 2.03. The highest BCUT2D eigenvalue weighted by atomic mass is 16.6. The van der Waals surface area contributed by atoms with E-state index >= 15 is 0 Å². The number of rotatable bonds is 7. The second-order valence-electron chi connectivity index (χ2n) is 7.46. The van der Waals surface area contributed by atoms with Gasteiger partial charge in [-0.15, -0.1) is 5.10 Å². The van der Waals surface area contributed by atoms with Gasteiger partial charge in [0.15, 0.2) is 5.69 Å². The molecule has 3 aromatic heterocycles. The summed E-state index contributed by atoms with van der Waals surface area (Å²) in [6, 6.07) is 3.97. The highest BCUT2D eigenvalue weighted by Crippen LogP contribution is 2.24. The van der Waals surface area contributed by atoms with E-state index in [1.165, 1.54) is 30.2 Å². The Labute approximate surface area is 178 Å². The first kappa shape index (κ1) is 20.6. The topological polar surface area (TPSA) is 153 Å². The summed E-state index contributed by atoms with van der Waals surface area (Å²) in [5.41, 5.74) is 9.82. The van der Waals surface area contributed by atoms with Gasteiger partial charge in [0.2, 0.25) is 11.6 Å². The molecule has 1 aliphatic rings. The number of carbonyl (C=O) groups excluding carboxylic acids is 1. The van der Waals surface area contributed by atoms with Crippen LogP contribution in [0.15, 0.2) is 34.3 Å². The standard InChI is InChI=1S/C19H24N10O2/c1-28(14-5-3-2-4-6-14)12-15-16(23-27-29(15)18-17(20)25-31-26-18)19(30)24-22-11-13-7-9-21-10-8-13/h7-11,14H,2-6,12H2,1H3,(H2,20,25)(H,24,30)/b22-11-. The van der Waals surface area contributed by atoms with Gasteiger partial charge in [0.05, 0.1) is 11.9 Å². The van der Waals surface area contributed by atoms with Crippen molar-refractivity contribution in [3.05, 3.63) is 41.5 Å². The molecule has 0 aromatic carbocycles. The molecule has 1 fully saturated rings. The summed E-state index contributed by atoms with van der Waals surface area (Å²) >= 11 is 0. The molecule has 12 nitrogen and oxygen atoms in total. The second kappa shape index (κ2) is 9.43. The van der Waals surface area contributed by atoms with E-state index in [9.17, 15) is 4.79 Å². The molecule has 0 bridgehead atoms. The van der Waals surface area contributed by atoms with Gasteiger partial charge in [-0.2, -0.15) is 9.78 Å². The number of hydrogen-bond donors (Lipinski definition) is 2. The van der Waals surface area contributed by atoms with Gasteiger partial charge in [-0.05, 0) is 47.9 Å². The fourth-order valence-electron chi connectivity index (χ4n) is 3.68. The van der Waals surface area contributed by atoms with Crippen LogP contribution in [0.25, 0.3) is 5.82 Å². The average molecular weight is 424 g/mol. The fourth-order valence-corrected chi connectivity index (χ4v) is 3.68. The summed E-state index contributed by atoms with van der Waals surface area (Å²) in [4.78, 5) is 19.0. The number of hydrogen-bond acceptors (Lipinski definition) is 10. The molecule has 1 amide bonds. The van der Waals surface area contributed by atoms with E-state index in [-0.39, 0.29) is 17.3 Å². The van der Waals surface area contributed by atoms with E-state index < -0.39 is 5.91 Å². The predicted molar refractivity (Wildman–Crippen MR) is 111 cm³/mol. The number of carbonyl (C=O) groups is 1. The molecule has 3 N–H and O–H groups in total. The minimum absolute atomic E-state index is 0.0640. The van der Waals surface area contributed by atoms with E-state index in [0.29, 0.717) is 18.3 Å². The molecule has 31 heavy (non-hydrogen) atoms. The van der Waals surface area contributed by atoms with Crippen molar-refractivity contribution in [2.45, 2.75) is 44.7 Å². The molecule has 1 saturated carbocycles. The first-order chi connectivity index (χ1) is 15.1. The average Bonchev–Trinajstić information content (AvgIpc) is 3.40. The van der Waals surface area contributed by atoms with Crippen molar-refractivity contribution in [2.75, 3.05) is 12.8 Å². The van der Waals surface area contributed by atoms with Crippen LogP contribution in [0.4, 0.5) is 5.82 Å². The molecule has 0 saturated heterocycles. The largest absolute Gasteiger partial charge is 0.378 e. The third kappa shape index (κ3) is 4.74. The maximum Gasteiger partial charge on any atom is 0.293 e. The molecule has 1 aliphatic carbocycles. The molecule has 3 aromatic rings. The van der Waals surface area contributed by atoms with Crippen LogP contribution in [0.2, 0.25) is 0 Å². The molecule has 162 valence electrons. The third-order valence-corrected chi connectivity index (χ3v) is 5.36. The molecular weight excluding hydrogens is 400 g/mol. The maximum atomic E-state index is 12.8. The van der Waals surface area contributed by atoms with Crippen LogP contribution in [-0.2, 0) is 6.54 Å². The van der Waals surface area contributed by atoms with Gasteiger partial charge in [0, 0.05) is 25.0 Å². The van der Waals surface area contributed by atoms with Gasteiger partial charge in [-0.25, -0.2) is 10.1 Å². The number of nitrogen functional groups attached to an aromatic ring is 1.